The predicted octanol–water partition coefficient (Wildman–Crippen LogP) is 6.05. The summed E-state index contributed by atoms with van der Waals surface area (Å²) in [6, 6.07) is 21.5. The molecule has 1 amide bonds. The van der Waals surface area contributed by atoms with Crippen molar-refractivity contribution >= 4 is 28.5 Å². The van der Waals surface area contributed by atoms with Gasteiger partial charge in [-0.05, 0) is 49.2 Å². The second kappa shape index (κ2) is 11.7. The van der Waals surface area contributed by atoms with Crippen molar-refractivity contribution in [3.8, 4) is 5.75 Å². The Morgan fingerprint density at radius 1 is 0.971 bits per heavy atom. The third kappa shape index (κ3) is 5.94. The van der Waals surface area contributed by atoms with Gasteiger partial charge in [0.25, 0.3) is 5.91 Å². The molecule has 4 rings (SSSR count). The van der Waals surface area contributed by atoms with Crippen LogP contribution in [-0.2, 0) is 13.0 Å². The van der Waals surface area contributed by atoms with Crippen molar-refractivity contribution in [2.75, 3.05) is 13.2 Å². The number of hydrogen-bond acceptors (Lipinski definition) is 3. The molecule has 0 aliphatic rings. The highest BCUT2D eigenvalue weighted by atomic mass is 35.5. The Kier molecular flexibility index (Phi) is 8.15. The van der Waals surface area contributed by atoms with Gasteiger partial charge in [0.05, 0.1) is 28.2 Å². The fourth-order valence-corrected chi connectivity index (χ4v) is 4.09. The Hall–Kier alpha value is -3.38. The molecule has 3 aromatic carbocycles. The van der Waals surface area contributed by atoms with Crippen LogP contribution in [0.2, 0.25) is 5.02 Å². The number of para-hydroxylation sites is 3. The maximum Gasteiger partial charge on any atom is 0.254 e. The van der Waals surface area contributed by atoms with Crippen LogP contribution >= 0.6 is 11.6 Å². The van der Waals surface area contributed by atoms with Crippen LogP contribution in [0.1, 0.15) is 35.4 Å². The van der Waals surface area contributed by atoms with Crippen LogP contribution < -0.4 is 10.1 Å². The highest BCUT2D eigenvalue weighted by Crippen LogP contribution is 2.23. The van der Waals surface area contributed by atoms with E-state index in [1.54, 1.807) is 12.1 Å². The zero-order chi connectivity index (χ0) is 23.8. The summed E-state index contributed by atoms with van der Waals surface area (Å²) < 4.78 is 21.8. The molecule has 0 aliphatic carbocycles. The summed E-state index contributed by atoms with van der Waals surface area (Å²) in [4.78, 5) is 16.9. The number of fused-ring (bicyclic) bond motifs is 1. The normalized spacial score (nSPS) is 11.0. The van der Waals surface area contributed by atoms with E-state index in [0.29, 0.717) is 30.5 Å². The minimum Gasteiger partial charge on any atom is -0.490 e. The van der Waals surface area contributed by atoms with Gasteiger partial charge in [-0.3, -0.25) is 4.79 Å². The van der Waals surface area contributed by atoms with E-state index in [1.807, 2.05) is 42.5 Å². The topological polar surface area (TPSA) is 56.2 Å². The fraction of sp³-hybridized carbons (Fsp3) is 0.259. The molecule has 1 aromatic heterocycles. The molecule has 0 aliphatic heterocycles. The number of unbranched alkanes of at least 4 members (excludes halogenated alkanes) is 2. The number of nitrogens with one attached hydrogen (secondary N) is 1. The van der Waals surface area contributed by atoms with Crippen molar-refractivity contribution in [3.63, 3.8) is 0 Å². The number of ether oxygens (including phenoxy) is 1. The number of aromatic nitrogens is 2. The van der Waals surface area contributed by atoms with Crippen molar-refractivity contribution in [1.82, 2.24) is 14.9 Å². The second-order valence-corrected chi connectivity index (χ2v) is 8.40. The molecule has 4 aromatic rings. The Labute approximate surface area is 203 Å². The molecule has 0 unspecified atom stereocenters. The summed E-state index contributed by atoms with van der Waals surface area (Å²) in [7, 11) is 0. The number of imidazole rings is 1. The predicted molar refractivity (Wildman–Crippen MR) is 133 cm³/mol. The van der Waals surface area contributed by atoms with E-state index in [9.17, 15) is 9.18 Å². The van der Waals surface area contributed by atoms with E-state index in [-0.39, 0.29) is 11.5 Å². The molecule has 0 saturated carbocycles. The quantitative estimate of drug-likeness (QED) is 0.266. The molecule has 0 spiro atoms. The number of nitrogens with zero attached hydrogens (tertiary/aromatic N) is 2. The Balaban J connectivity index is 1.28. The third-order valence-electron chi connectivity index (χ3n) is 5.62. The second-order valence-electron chi connectivity index (χ2n) is 7.99. The van der Waals surface area contributed by atoms with Crippen LogP contribution in [0.5, 0.6) is 5.75 Å². The number of amides is 1. The maximum atomic E-state index is 13.7. The zero-order valence-electron chi connectivity index (χ0n) is 18.8. The number of rotatable bonds is 11. The first-order chi connectivity index (χ1) is 16.6. The smallest absolute Gasteiger partial charge is 0.254 e. The number of carbonyl (C=O) groups excluding carboxylic acids is 1. The van der Waals surface area contributed by atoms with Gasteiger partial charge in [0, 0.05) is 13.0 Å². The average Bonchev–Trinajstić information content (AvgIpc) is 3.20. The number of aryl methyl sites for hydroxylation is 1. The van der Waals surface area contributed by atoms with Gasteiger partial charge in [-0.1, -0.05) is 54.4 Å². The lowest BCUT2D eigenvalue weighted by Gasteiger charge is -2.12. The summed E-state index contributed by atoms with van der Waals surface area (Å²) in [6.45, 7) is 1.66. The molecule has 0 atom stereocenters. The molecular formula is C27H27ClFN3O2. The van der Waals surface area contributed by atoms with Gasteiger partial charge < -0.3 is 14.6 Å². The standard InChI is InChI=1S/C27H27ClFN3O2/c28-21-11-4-8-15-25(21)34-19-18-32-24-14-7-6-13-23(24)31-26(32)16-2-1-9-17-30-27(33)20-10-3-5-12-22(20)29/h3-8,10-15H,1-2,9,16-19H2,(H,30,33). The lowest BCUT2D eigenvalue weighted by atomic mass is 10.1. The number of halogens is 2. The summed E-state index contributed by atoms with van der Waals surface area (Å²) in [5.41, 5.74) is 2.13. The molecule has 34 heavy (non-hydrogen) atoms. The first kappa shape index (κ1) is 23.8. The molecular weight excluding hydrogens is 453 g/mol. The molecule has 1 heterocycles. The van der Waals surface area contributed by atoms with Crippen molar-refractivity contribution < 1.29 is 13.9 Å². The molecule has 176 valence electrons. The minimum atomic E-state index is -0.502. The minimum absolute atomic E-state index is 0.0789. The largest absolute Gasteiger partial charge is 0.490 e. The average molecular weight is 480 g/mol. The third-order valence-corrected chi connectivity index (χ3v) is 5.94. The number of hydrogen-bond donors (Lipinski definition) is 1. The van der Waals surface area contributed by atoms with Gasteiger partial charge in [-0.25, -0.2) is 9.37 Å². The van der Waals surface area contributed by atoms with Gasteiger partial charge in [0.15, 0.2) is 0 Å². The molecule has 5 nitrogen and oxygen atoms in total. The number of carbonyl (C=O) groups is 1. The molecule has 7 heteroatoms. The van der Waals surface area contributed by atoms with E-state index >= 15 is 0 Å². The van der Waals surface area contributed by atoms with Crippen molar-refractivity contribution in [1.29, 1.82) is 0 Å². The van der Waals surface area contributed by atoms with Gasteiger partial charge in [0.2, 0.25) is 0 Å². The summed E-state index contributed by atoms with van der Waals surface area (Å²) >= 11 is 6.19. The zero-order valence-corrected chi connectivity index (χ0v) is 19.6. The van der Waals surface area contributed by atoms with Crippen LogP contribution in [0.3, 0.4) is 0 Å². The van der Waals surface area contributed by atoms with Crippen molar-refractivity contribution in [2.45, 2.75) is 32.2 Å². The van der Waals surface area contributed by atoms with Gasteiger partial charge >= 0.3 is 0 Å². The van der Waals surface area contributed by atoms with Crippen LogP contribution in [0.4, 0.5) is 4.39 Å². The monoisotopic (exact) mass is 479 g/mol. The molecule has 1 N–H and O–H groups in total. The van der Waals surface area contributed by atoms with Crippen LogP contribution in [0, 0.1) is 5.82 Å². The van der Waals surface area contributed by atoms with E-state index in [2.05, 4.69) is 16.0 Å². The van der Waals surface area contributed by atoms with Crippen LogP contribution in [0.25, 0.3) is 11.0 Å². The number of benzene rings is 3. The maximum absolute atomic E-state index is 13.7. The Morgan fingerprint density at radius 3 is 2.59 bits per heavy atom. The van der Waals surface area contributed by atoms with Crippen LogP contribution in [-0.4, -0.2) is 28.6 Å². The lowest BCUT2D eigenvalue weighted by molar-refractivity contribution is 0.0949. The summed E-state index contributed by atoms with van der Waals surface area (Å²) in [6.07, 6.45) is 3.50. The first-order valence-corrected chi connectivity index (χ1v) is 11.9. The summed E-state index contributed by atoms with van der Waals surface area (Å²) in [5, 5.41) is 3.39. The molecule has 0 saturated heterocycles. The van der Waals surface area contributed by atoms with Crippen LogP contribution in [0.15, 0.2) is 72.8 Å². The molecule has 0 fully saturated rings. The SMILES string of the molecule is O=C(NCCCCCc1nc2ccccc2n1CCOc1ccccc1Cl)c1ccccc1F. The first-order valence-electron chi connectivity index (χ1n) is 11.5. The van der Waals surface area contributed by atoms with E-state index in [0.717, 1.165) is 42.5 Å². The van der Waals surface area contributed by atoms with Crippen molar-refractivity contribution in [2.24, 2.45) is 0 Å². The highest BCUT2D eigenvalue weighted by molar-refractivity contribution is 6.32. The van der Waals surface area contributed by atoms with E-state index in [1.165, 1.54) is 12.1 Å². The van der Waals surface area contributed by atoms with E-state index in [4.69, 9.17) is 21.3 Å². The van der Waals surface area contributed by atoms with Gasteiger partial charge in [-0.15, -0.1) is 0 Å². The van der Waals surface area contributed by atoms with Gasteiger partial charge in [-0.2, -0.15) is 0 Å². The highest BCUT2D eigenvalue weighted by Gasteiger charge is 2.12. The fourth-order valence-electron chi connectivity index (χ4n) is 3.90. The Bertz CT molecular complexity index is 1260. The summed E-state index contributed by atoms with van der Waals surface area (Å²) in [5.74, 6) is 0.808. The molecule has 0 radical (unpaired) electrons. The Morgan fingerprint density at radius 2 is 1.74 bits per heavy atom. The lowest BCUT2D eigenvalue weighted by Crippen LogP contribution is -2.25. The van der Waals surface area contributed by atoms with Gasteiger partial charge in [0.1, 0.15) is 24.0 Å². The molecule has 0 bridgehead atoms. The van der Waals surface area contributed by atoms with E-state index < -0.39 is 5.82 Å². The van der Waals surface area contributed by atoms with Crippen molar-refractivity contribution in [3.05, 3.63) is 95.0 Å².